The summed E-state index contributed by atoms with van der Waals surface area (Å²) in [6, 6.07) is 31.4. The molecule has 57 heavy (non-hydrogen) atoms. The van der Waals surface area contributed by atoms with Crippen molar-refractivity contribution in [3.8, 4) is 11.1 Å². The predicted molar refractivity (Wildman–Crippen MR) is 218 cm³/mol. The molecular formula is C46H53N5O6. The van der Waals surface area contributed by atoms with E-state index in [4.69, 9.17) is 9.47 Å². The molecule has 4 aromatic carbocycles. The number of piperazine rings is 1. The van der Waals surface area contributed by atoms with Crippen LogP contribution in [0.25, 0.3) is 11.1 Å². The molecule has 6 aliphatic rings. The lowest BCUT2D eigenvalue weighted by Gasteiger charge is -2.56. The number of nitrogens with one attached hydrogen (secondary N) is 2. The van der Waals surface area contributed by atoms with E-state index in [9.17, 15) is 20.0 Å². The normalized spacial score (nSPS) is 28.3. The molecule has 3 atom stereocenters. The zero-order chi connectivity index (χ0) is 38.9. The molecule has 3 N–H and O–H groups in total. The molecule has 2 aliphatic heterocycles. The first kappa shape index (κ1) is 37.7. The van der Waals surface area contributed by atoms with E-state index in [-0.39, 0.29) is 41.0 Å². The highest BCUT2D eigenvalue weighted by molar-refractivity contribution is 5.75. The summed E-state index contributed by atoms with van der Waals surface area (Å²) in [7, 11) is 0. The summed E-state index contributed by atoms with van der Waals surface area (Å²) < 4.78 is 13.5. The van der Waals surface area contributed by atoms with Crippen molar-refractivity contribution in [3.05, 3.63) is 129 Å². The summed E-state index contributed by atoms with van der Waals surface area (Å²) in [5.41, 5.74) is 7.09. The van der Waals surface area contributed by atoms with Crippen LogP contribution in [0.4, 0.5) is 16.2 Å². The smallest absolute Gasteiger partial charge is 0.315 e. The topological polar surface area (TPSA) is 129 Å². The van der Waals surface area contributed by atoms with Gasteiger partial charge in [0.25, 0.3) is 5.69 Å². The number of non-ortho nitro benzene ring substituents is 1. The Hall–Kier alpha value is -4.81. The highest BCUT2D eigenvalue weighted by Crippen LogP contribution is 2.55. The Kier molecular flexibility index (Phi) is 10.7. The van der Waals surface area contributed by atoms with Crippen molar-refractivity contribution in [2.45, 2.75) is 82.1 Å². The number of benzene rings is 4. The monoisotopic (exact) mass is 771 g/mol. The van der Waals surface area contributed by atoms with Crippen LogP contribution in [-0.2, 0) is 22.6 Å². The fourth-order valence-corrected chi connectivity index (χ4v) is 10.8. The number of urea groups is 1. The van der Waals surface area contributed by atoms with Crippen molar-refractivity contribution >= 4 is 17.4 Å². The lowest BCUT2D eigenvalue weighted by Crippen LogP contribution is -2.61. The van der Waals surface area contributed by atoms with Crippen LogP contribution in [0, 0.1) is 27.9 Å². The SMILES string of the molecule is O=C(NCc1cccc(-c2cccc([C@@H]3O[C@H](CN4CCN(c5ccc([N+](=O)[O-])cc5)CC4)C[C@H](c4ccc(CO)cc4)O3)c2)c1)NC12CC3CC(CC(C3)C1)C2. The standard InChI is InChI=1S/C46H53N5O6/c52-30-31-7-9-36(10-8-31)43-24-42(29-49-15-17-50(18-16-49)40-11-13-41(14-12-40)51(54)55)56-44(57-43)39-6-2-5-38(23-39)37-4-1-3-32(22-37)28-47-45(53)48-46-25-33-19-34(26-46)21-35(20-33)27-46/h1-14,22-23,33-35,42-44,52H,15-21,24-30H2,(H2,47,48,53)/t33?,34?,35?,42-,43+,44+,46?/m0/s1. The fourth-order valence-electron chi connectivity index (χ4n) is 10.8. The van der Waals surface area contributed by atoms with E-state index in [1.165, 1.54) is 19.3 Å². The molecular weight excluding hydrogens is 719 g/mol. The third-order valence-corrected chi connectivity index (χ3v) is 13.2. The van der Waals surface area contributed by atoms with Crippen LogP contribution < -0.4 is 15.5 Å². The highest BCUT2D eigenvalue weighted by atomic mass is 16.7. The first-order valence-corrected chi connectivity index (χ1v) is 20.7. The van der Waals surface area contributed by atoms with Gasteiger partial charge >= 0.3 is 6.03 Å². The number of nitro groups is 1. The quantitative estimate of drug-likeness (QED) is 0.104. The minimum Gasteiger partial charge on any atom is -0.392 e. The molecule has 4 saturated carbocycles. The number of ether oxygens (including phenoxy) is 2. The van der Waals surface area contributed by atoms with Gasteiger partial charge in [-0.25, -0.2) is 4.79 Å². The van der Waals surface area contributed by atoms with Gasteiger partial charge in [0.1, 0.15) is 0 Å². The second kappa shape index (κ2) is 16.2. The largest absolute Gasteiger partial charge is 0.392 e. The van der Waals surface area contributed by atoms with E-state index in [0.29, 0.717) is 13.0 Å². The summed E-state index contributed by atoms with van der Waals surface area (Å²) in [5, 5.41) is 27.4. The van der Waals surface area contributed by atoms with Gasteiger partial charge in [-0.05, 0) is 108 Å². The van der Waals surface area contributed by atoms with Gasteiger partial charge in [-0.15, -0.1) is 0 Å². The van der Waals surface area contributed by atoms with Gasteiger partial charge in [-0.3, -0.25) is 15.0 Å². The summed E-state index contributed by atoms with van der Waals surface area (Å²) in [4.78, 5) is 28.7. The van der Waals surface area contributed by atoms with E-state index in [2.05, 4.69) is 56.8 Å². The van der Waals surface area contributed by atoms with Gasteiger partial charge < -0.3 is 30.1 Å². The maximum Gasteiger partial charge on any atom is 0.315 e. The Morgan fingerprint density at radius 1 is 0.772 bits per heavy atom. The third-order valence-electron chi connectivity index (χ3n) is 13.2. The second-order valence-electron chi connectivity index (χ2n) is 17.2. The lowest BCUT2D eigenvalue weighted by atomic mass is 9.53. The Balaban J connectivity index is 0.861. The van der Waals surface area contributed by atoms with E-state index < -0.39 is 6.29 Å². The number of carbonyl (C=O) groups is 1. The molecule has 298 valence electrons. The Morgan fingerprint density at radius 3 is 2.11 bits per heavy atom. The van der Waals surface area contributed by atoms with Gasteiger partial charge in [0.15, 0.2) is 6.29 Å². The van der Waals surface area contributed by atoms with Gasteiger partial charge in [0, 0.05) is 74.6 Å². The molecule has 0 radical (unpaired) electrons. The van der Waals surface area contributed by atoms with E-state index in [0.717, 1.165) is 109 Å². The minimum absolute atomic E-state index is 0.00882. The number of aliphatic hydroxyl groups excluding tert-OH is 1. The summed E-state index contributed by atoms with van der Waals surface area (Å²) in [6.45, 7) is 4.54. The number of hydrogen-bond acceptors (Lipinski definition) is 8. The van der Waals surface area contributed by atoms with Crippen molar-refractivity contribution < 1.29 is 24.3 Å². The van der Waals surface area contributed by atoms with E-state index in [1.807, 2.05) is 48.5 Å². The van der Waals surface area contributed by atoms with Crippen LogP contribution in [0.15, 0.2) is 97.1 Å². The lowest BCUT2D eigenvalue weighted by molar-refractivity contribution is -0.384. The number of rotatable bonds is 11. The van der Waals surface area contributed by atoms with Crippen LogP contribution in [0.5, 0.6) is 0 Å². The molecule has 4 aromatic rings. The zero-order valence-electron chi connectivity index (χ0n) is 32.4. The number of carbonyl (C=O) groups excluding carboxylic acids is 1. The Bertz CT molecular complexity index is 2010. The van der Waals surface area contributed by atoms with Crippen molar-refractivity contribution in [1.29, 1.82) is 0 Å². The average Bonchev–Trinajstić information content (AvgIpc) is 3.23. The second-order valence-corrected chi connectivity index (χ2v) is 17.2. The summed E-state index contributed by atoms with van der Waals surface area (Å²) in [5.74, 6) is 2.34. The van der Waals surface area contributed by atoms with Crippen molar-refractivity contribution in [2.75, 3.05) is 37.6 Å². The molecule has 2 amide bonds. The maximum atomic E-state index is 13.2. The summed E-state index contributed by atoms with van der Waals surface area (Å²) >= 11 is 0. The number of anilines is 1. The summed E-state index contributed by atoms with van der Waals surface area (Å²) in [6.07, 6.45) is 7.29. The van der Waals surface area contributed by atoms with Crippen LogP contribution in [0.3, 0.4) is 0 Å². The van der Waals surface area contributed by atoms with E-state index in [1.54, 1.807) is 12.1 Å². The molecule has 0 unspecified atom stereocenters. The average molecular weight is 772 g/mol. The molecule has 2 heterocycles. The molecule has 0 spiro atoms. The van der Waals surface area contributed by atoms with Gasteiger partial charge in [-0.2, -0.15) is 0 Å². The molecule has 4 bridgehead atoms. The Morgan fingerprint density at radius 2 is 1.44 bits per heavy atom. The van der Waals surface area contributed by atoms with Crippen LogP contribution in [0.1, 0.15) is 79.6 Å². The van der Waals surface area contributed by atoms with Gasteiger partial charge in [-0.1, -0.05) is 60.7 Å². The number of aliphatic hydroxyl groups is 1. The number of hydrogen-bond donors (Lipinski definition) is 3. The van der Waals surface area contributed by atoms with Crippen molar-refractivity contribution in [1.82, 2.24) is 15.5 Å². The maximum absolute atomic E-state index is 13.2. The molecule has 11 heteroatoms. The van der Waals surface area contributed by atoms with Crippen LogP contribution >= 0.6 is 0 Å². The van der Waals surface area contributed by atoms with Gasteiger partial charge in [0.2, 0.25) is 0 Å². The molecule has 0 aromatic heterocycles. The van der Waals surface area contributed by atoms with E-state index >= 15 is 0 Å². The first-order chi connectivity index (χ1) is 27.8. The molecule has 2 saturated heterocycles. The molecule has 6 fully saturated rings. The number of nitro benzene ring substituents is 1. The van der Waals surface area contributed by atoms with Crippen LogP contribution in [0.2, 0.25) is 0 Å². The third kappa shape index (κ3) is 8.57. The predicted octanol–water partition coefficient (Wildman–Crippen LogP) is 7.89. The molecule has 10 rings (SSSR count). The van der Waals surface area contributed by atoms with Crippen LogP contribution in [-0.4, -0.2) is 65.3 Å². The fraction of sp³-hybridized carbons (Fsp3) is 0.457. The zero-order valence-corrected chi connectivity index (χ0v) is 32.4. The van der Waals surface area contributed by atoms with Crippen molar-refractivity contribution in [3.63, 3.8) is 0 Å². The van der Waals surface area contributed by atoms with Crippen molar-refractivity contribution in [2.24, 2.45) is 17.8 Å². The number of amides is 2. The highest BCUT2D eigenvalue weighted by Gasteiger charge is 2.51. The van der Waals surface area contributed by atoms with Gasteiger partial charge in [0.05, 0.1) is 23.7 Å². The number of nitrogens with zero attached hydrogens (tertiary/aromatic N) is 3. The molecule has 4 aliphatic carbocycles. The molecule has 11 nitrogen and oxygen atoms in total. The first-order valence-electron chi connectivity index (χ1n) is 20.7. The minimum atomic E-state index is -0.578. The Labute approximate surface area is 334 Å².